The lowest BCUT2D eigenvalue weighted by atomic mass is 9.93. The van der Waals surface area contributed by atoms with Crippen molar-refractivity contribution in [3.8, 4) is 0 Å². The molecule has 0 aliphatic heterocycles. The Balaban J connectivity index is 2.04. The third-order valence-electron chi connectivity index (χ3n) is 4.10. The fourth-order valence-electron chi connectivity index (χ4n) is 2.89. The van der Waals surface area contributed by atoms with Crippen LogP contribution in [0.4, 0.5) is 5.00 Å². The highest BCUT2D eigenvalue weighted by Crippen LogP contribution is 2.36. The summed E-state index contributed by atoms with van der Waals surface area (Å²) < 4.78 is 5.03. The van der Waals surface area contributed by atoms with Gasteiger partial charge in [-0.1, -0.05) is 20.3 Å². The fourth-order valence-corrected chi connectivity index (χ4v) is 3.62. The lowest BCUT2D eigenvalue weighted by Crippen LogP contribution is -2.25. The van der Waals surface area contributed by atoms with Crippen molar-refractivity contribution >= 4 is 22.3 Å². The van der Waals surface area contributed by atoms with Gasteiger partial charge in [0, 0.05) is 6.04 Å². The molecular formula is C14H22N2O2S. The molecule has 0 aromatic carbocycles. The first-order valence-corrected chi connectivity index (χ1v) is 7.92. The van der Waals surface area contributed by atoms with E-state index in [1.54, 1.807) is 5.51 Å². The molecule has 1 aromatic rings. The van der Waals surface area contributed by atoms with E-state index in [-0.39, 0.29) is 5.97 Å². The number of carbonyl (C=O) groups is 1. The highest BCUT2D eigenvalue weighted by atomic mass is 32.1. The minimum Gasteiger partial charge on any atom is -0.461 e. The largest absolute Gasteiger partial charge is 0.461 e. The molecule has 0 bridgehead atoms. The Morgan fingerprint density at radius 2 is 2.32 bits per heavy atom. The molecule has 3 unspecified atom stereocenters. The first-order valence-electron chi connectivity index (χ1n) is 7.04. The van der Waals surface area contributed by atoms with Gasteiger partial charge in [0.05, 0.1) is 12.1 Å². The SMILES string of the molecule is CCOC(=O)c1ncsc1NC1CCC(CC)C1C. The lowest BCUT2D eigenvalue weighted by molar-refractivity contribution is 0.0521. The molecule has 0 saturated heterocycles. The smallest absolute Gasteiger partial charge is 0.360 e. The highest BCUT2D eigenvalue weighted by Gasteiger charge is 2.32. The molecule has 19 heavy (non-hydrogen) atoms. The highest BCUT2D eigenvalue weighted by molar-refractivity contribution is 7.14. The number of nitrogens with one attached hydrogen (secondary N) is 1. The molecule has 1 aromatic heterocycles. The summed E-state index contributed by atoms with van der Waals surface area (Å²) in [6.07, 6.45) is 3.66. The third-order valence-corrected chi connectivity index (χ3v) is 4.86. The van der Waals surface area contributed by atoms with Gasteiger partial charge in [-0.3, -0.25) is 0 Å². The maximum atomic E-state index is 11.8. The third kappa shape index (κ3) is 3.08. The van der Waals surface area contributed by atoms with Crippen molar-refractivity contribution < 1.29 is 9.53 Å². The van der Waals surface area contributed by atoms with Crippen molar-refractivity contribution in [1.29, 1.82) is 0 Å². The second kappa shape index (κ2) is 6.37. The lowest BCUT2D eigenvalue weighted by Gasteiger charge is -2.21. The number of rotatable bonds is 5. The van der Waals surface area contributed by atoms with Gasteiger partial charge >= 0.3 is 5.97 Å². The van der Waals surface area contributed by atoms with Gasteiger partial charge in [0.15, 0.2) is 5.69 Å². The van der Waals surface area contributed by atoms with Crippen molar-refractivity contribution in [2.75, 3.05) is 11.9 Å². The van der Waals surface area contributed by atoms with Gasteiger partial charge in [-0.05, 0) is 31.6 Å². The Kier molecular flexibility index (Phi) is 4.80. The van der Waals surface area contributed by atoms with Crippen LogP contribution in [0, 0.1) is 11.8 Å². The molecule has 106 valence electrons. The van der Waals surface area contributed by atoms with E-state index in [1.807, 2.05) is 6.92 Å². The van der Waals surface area contributed by atoms with Crippen LogP contribution in [-0.2, 0) is 4.74 Å². The van der Waals surface area contributed by atoms with E-state index in [9.17, 15) is 4.79 Å². The molecule has 1 saturated carbocycles. The van der Waals surface area contributed by atoms with E-state index in [0.717, 1.165) is 10.9 Å². The van der Waals surface area contributed by atoms with E-state index >= 15 is 0 Å². The Hall–Kier alpha value is -1.10. The van der Waals surface area contributed by atoms with E-state index in [0.29, 0.717) is 24.3 Å². The second-order valence-electron chi connectivity index (χ2n) is 5.11. The van der Waals surface area contributed by atoms with Crippen LogP contribution in [0.5, 0.6) is 0 Å². The van der Waals surface area contributed by atoms with Gasteiger partial charge in [-0.25, -0.2) is 9.78 Å². The Labute approximate surface area is 118 Å². The maximum Gasteiger partial charge on any atom is 0.360 e. The standard InChI is InChI=1S/C14H22N2O2S/c1-4-10-6-7-11(9(10)3)16-13-12(15-8-19-13)14(17)18-5-2/h8-11,16H,4-7H2,1-3H3. The van der Waals surface area contributed by atoms with Crippen molar-refractivity contribution in [2.24, 2.45) is 11.8 Å². The van der Waals surface area contributed by atoms with Crippen LogP contribution in [0.2, 0.25) is 0 Å². The number of carbonyl (C=O) groups excluding carboxylic acids is 1. The fraction of sp³-hybridized carbons (Fsp3) is 0.714. The molecule has 4 nitrogen and oxygen atoms in total. The van der Waals surface area contributed by atoms with Crippen LogP contribution in [0.25, 0.3) is 0 Å². The summed E-state index contributed by atoms with van der Waals surface area (Å²) in [5, 5.41) is 4.35. The van der Waals surface area contributed by atoms with Crippen molar-refractivity contribution in [2.45, 2.75) is 46.1 Å². The van der Waals surface area contributed by atoms with Gasteiger partial charge in [-0.15, -0.1) is 11.3 Å². The topological polar surface area (TPSA) is 51.2 Å². The van der Waals surface area contributed by atoms with Crippen LogP contribution in [0.1, 0.15) is 50.5 Å². The van der Waals surface area contributed by atoms with Gasteiger partial charge in [0.2, 0.25) is 0 Å². The van der Waals surface area contributed by atoms with Crippen LogP contribution >= 0.6 is 11.3 Å². The molecule has 0 radical (unpaired) electrons. The zero-order valence-corrected chi connectivity index (χ0v) is 12.6. The molecule has 1 aliphatic rings. The van der Waals surface area contributed by atoms with Crippen LogP contribution in [0.3, 0.4) is 0 Å². The zero-order valence-electron chi connectivity index (χ0n) is 11.8. The van der Waals surface area contributed by atoms with Gasteiger partial charge in [-0.2, -0.15) is 0 Å². The van der Waals surface area contributed by atoms with Crippen LogP contribution in [0.15, 0.2) is 5.51 Å². The summed E-state index contributed by atoms with van der Waals surface area (Å²) in [7, 11) is 0. The summed E-state index contributed by atoms with van der Waals surface area (Å²) in [4.78, 5) is 15.9. The van der Waals surface area contributed by atoms with E-state index < -0.39 is 0 Å². The number of ether oxygens (including phenoxy) is 1. The van der Waals surface area contributed by atoms with Crippen molar-refractivity contribution in [3.05, 3.63) is 11.2 Å². The maximum absolute atomic E-state index is 11.8. The van der Waals surface area contributed by atoms with Crippen molar-refractivity contribution in [3.63, 3.8) is 0 Å². The average Bonchev–Trinajstić information content (AvgIpc) is 2.98. The molecule has 5 heteroatoms. The predicted molar refractivity (Wildman–Crippen MR) is 77.7 cm³/mol. The van der Waals surface area contributed by atoms with Crippen molar-refractivity contribution in [1.82, 2.24) is 4.98 Å². The monoisotopic (exact) mass is 282 g/mol. The Morgan fingerprint density at radius 3 is 2.95 bits per heavy atom. The molecule has 2 rings (SSSR count). The first kappa shape index (κ1) is 14.3. The zero-order chi connectivity index (χ0) is 13.8. The first-order chi connectivity index (χ1) is 9.17. The Bertz CT molecular complexity index is 433. The molecule has 1 aliphatic carbocycles. The molecule has 1 heterocycles. The number of nitrogens with zero attached hydrogens (tertiary/aromatic N) is 1. The minimum absolute atomic E-state index is 0.330. The van der Waals surface area contributed by atoms with Gasteiger partial charge in [0.25, 0.3) is 0 Å². The Morgan fingerprint density at radius 1 is 1.53 bits per heavy atom. The van der Waals surface area contributed by atoms with Gasteiger partial charge in [0.1, 0.15) is 5.00 Å². The molecular weight excluding hydrogens is 260 g/mol. The molecule has 1 fully saturated rings. The number of hydrogen-bond donors (Lipinski definition) is 1. The van der Waals surface area contributed by atoms with E-state index in [2.05, 4.69) is 24.1 Å². The summed E-state index contributed by atoms with van der Waals surface area (Å²) >= 11 is 1.48. The second-order valence-corrected chi connectivity index (χ2v) is 5.96. The normalized spacial score (nSPS) is 26.4. The number of thiazole rings is 1. The molecule has 0 spiro atoms. The van der Waals surface area contributed by atoms with Crippen LogP contribution < -0.4 is 5.32 Å². The van der Waals surface area contributed by atoms with E-state index in [4.69, 9.17) is 4.74 Å². The summed E-state index contributed by atoms with van der Waals surface area (Å²) in [6.45, 7) is 6.74. The quantitative estimate of drug-likeness (QED) is 0.839. The van der Waals surface area contributed by atoms with Gasteiger partial charge < -0.3 is 10.1 Å². The molecule has 3 atom stereocenters. The minimum atomic E-state index is -0.330. The van der Waals surface area contributed by atoms with E-state index in [1.165, 1.54) is 30.6 Å². The number of esters is 1. The summed E-state index contributed by atoms with van der Waals surface area (Å²) in [5.41, 5.74) is 2.13. The summed E-state index contributed by atoms with van der Waals surface area (Å²) in [6, 6.07) is 0.443. The number of aromatic nitrogens is 1. The number of anilines is 1. The molecule has 1 N–H and O–H groups in total. The average molecular weight is 282 g/mol. The summed E-state index contributed by atoms with van der Waals surface area (Å²) in [5.74, 6) is 1.10. The molecule has 0 amide bonds. The van der Waals surface area contributed by atoms with Crippen LogP contribution in [-0.4, -0.2) is 23.6 Å². The number of hydrogen-bond acceptors (Lipinski definition) is 5. The predicted octanol–water partition coefficient (Wildman–Crippen LogP) is 3.56.